The molecule has 3 heterocycles. The van der Waals surface area contributed by atoms with Gasteiger partial charge in [0.2, 0.25) is 0 Å². The zero-order chi connectivity index (χ0) is 26.1. The summed E-state index contributed by atoms with van der Waals surface area (Å²) in [6.45, 7) is 11.2. The maximum Gasteiger partial charge on any atom is 0.0483 e. The van der Waals surface area contributed by atoms with Crippen molar-refractivity contribution in [2.75, 3.05) is 18.0 Å². The molecule has 0 fully saturated rings. The van der Waals surface area contributed by atoms with Crippen molar-refractivity contribution in [3.05, 3.63) is 101 Å². The predicted molar refractivity (Wildman–Crippen MR) is 163 cm³/mol. The molecule has 3 heteroatoms. The van der Waals surface area contributed by atoms with Crippen LogP contribution in [0.2, 0.25) is 0 Å². The van der Waals surface area contributed by atoms with E-state index in [1.807, 2.05) is 0 Å². The molecule has 0 aliphatic carbocycles. The van der Waals surface area contributed by atoms with Gasteiger partial charge in [0, 0.05) is 72.0 Å². The minimum Gasteiger partial charge on any atom is -0.371 e. The molecule has 0 atom stereocenters. The molecule has 3 nitrogen and oxygen atoms in total. The van der Waals surface area contributed by atoms with Gasteiger partial charge >= 0.3 is 0 Å². The topological polar surface area (TPSA) is 13.1 Å². The molecule has 0 radical (unpaired) electrons. The summed E-state index contributed by atoms with van der Waals surface area (Å²) < 4.78 is 5.01. The van der Waals surface area contributed by atoms with Crippen molar-refractivity contribution in [3.8, 4) is 0 Å². The molecule has 0 amide bonds. The lowest BCUT2D eigenvalue weighted by atomic mass is 9.84. The summed E-state index contributed by atoms with van der Waals surface area (Å²) in [6, 6.07) is 25.4. The Bertz CT molecular complexity index is 1470. The van der Waals surface area contributed by atoms with E-state index in [-0.39, 0.29) is 5.92 Å². The minimum atomic E-state index is 0.191. The van der Waals surface area contributed by atoms with Crippen LogP contribution in [0.4, 0.5) is 5.69 Å². The van der Waals surface area contributed by atoms with Crippen LogP contribution in [0.3, 0.4) is 0 Å². The Morgan fingerprint density at radius 2 is 1.29 bits per heavy atom. The van der Waals surface area contributed by atoms with Crippen molar-refractivity contribution in [3.63, 3.8) is 0 Å². The van der Waals surface area contributed by atoms with Crippen LogP contribution in [0.5, 0.6) is 0 Å². The molecule has 0 N–H and O–H groups in total. The molecular weight excluding hydrogens is 462 g/mol. The minimum absolute atomic E-state index is 0.191. The van der Waals surface area contributed by atoms with Gasteiger partial charge in [-0.1, -0.05) is 75.2 Å². The fraction of sp³-hybridized carbons (Fsp3) is 0.371. The summed E-state index contributed by atoms with van der Waals surface area (Å²) in [5.74, 6) is 0.191. The van der Waals surface area contributed by atoms with E-state index in [9.17, 15) is 0 Å². The van der Waals surface area contributed by atoms with Crippen LogP contribution >= 0.6 is 0 Å². The molecule has 0 bridgehead atoms. The number of anilines is 1. The van der Waals surface area contributed by atoms with E-state index >= 15 is 0 Å². The fourth-order valence-corrected chi connectivity index (χ4v) is 6.56. The molecule has 1 aliphatic rings. The third-order valence-corrected chi connectivity index (χ3v) is 8.58. The van der Waals surface area contributed by atoms with Crippen LogP contribution in [-0.4, -0.2) is 22.2 Å². The number of aromatic nitrogens is 2. The van der Waals surface area contributed by atoms with Gasteiger partial charge in [-0.2, -0.15) is 0 Å². The van der Waals surface area contributed by atoms with Gasteiger partial charge in [0.15, 0.2) is 0 Å². The maximum atomic E-state index is 2.52. The van der Waals surface area contributed by atoms with Crippen molar-refractivity contribution in [1.29, 1.82) is 0 Å². The standard InChI is InChI=1S/C35H41N3/c1-4-7-20-37-24-30(28-13-9-11-15-33(28)37)35(27-17-18-32-26(23-27)19-22-36(32)6-3)31-25-38(21-8-5-2)34-16-12-10-14-29(31)34/h9-18,23-25,35H,4-8,19-22H2,1-3H3. The lowest BCUT2D eigenvalue weighted by Gasteiger charge is -2.20. The molecule has 6 rings (SSSR count). The van der Waals surface area contributed by atoms with E-state index in [1.165, 1.54) is 75.4 Å². The number of fused-ring (bicyclic) bond motifs is 3. The summed E-state index contributed by atoms with van der Waals surface area (Å²) in [4.78, 5) is 2.52. The molecule has 1 aliphatic heterocycles. The summed E-state index contributed by atoms with van der Waals surface area (Å²) in [5.41, 5.74) is 9.91. The van der Waals surface area contributed by atoms with Crippen molar-refractivity contribution < 1.29 is 0 Å². The third-order valence-electron chi connectivity index (χ3n) is 8.58. The Balaban J connectivity index is 1.58. The number of likely N-dealkylation sites (N-methyl/N-ethyl adjacent to an activating group) is 1. The molecule has 196 valence electrons. The Kier molecular flexibility index (Phi) is 7.02. The van der Waals surface area contributed by atoms with Gasteiger partial charge in [-0.15, -0.1) is 0 Å². The SMILES string of the molecule is CCCCn1cc(C(c2ccc3c(c2)CCN3CC)c2cn(CCCC)c3ccccc23)c2ccccc21. The predicted octanol–water partition coefficient (Wildman–Crippen LogP) is 8.76. The lowest BCUT2D eigenvalue weighted by molar-refractivity contribution is 0.645. The highest BCUT2D eigenvalue weighted by Gasteiger charge is 2.27. The van der Waals surface area contributed by atoms with Gasteiger partial charge in [0.05, 0.1) is 0 Å². The first-order valence-corrected chi connectivity index (χ1v) is 14.8. The second-order valence-electron chi connectivity index (χ2n) is 10.9. The van der Waals surface area contributed by atoms with E-state index in [0.717, 1.165) is 32.6 Å². The van der Waals surface area contributed by atoms with Gasteiger partial charge in [-0.3, -0.25) is 0 Å². The molecule has 0 unspecified atom stereocenters. The van der Waals surface area contributed by atoms with Gasteiger partial charge in [0.1, 0.15) is 0 Å². The fourth-order valence-electron chi connectivity index (χ4n) is 6.56. The third kappa shape index (κ3) is 4.32. The number of aryl methyl sites for hydroxylation is 2. The average molecular weight is 504 g/mol. The Morgan fingerprint density at radius 3 is 1.84 bits per heavy atom. The summed E-state index contributed by atoms with van der Waals surface area (Å²) >= 11 is 0. The monoisotopic (exact) mass is 503 g/mol. The molecule has 3 aromatic carbocycles. The Morgan fingerprint density at radius 1 is 0.711 bits per heavy atom. The van der Waals surface area contributed by atoms with Gasteiger partial charge in [0.25, 0.3) is 0 Å². The summed E-state index contributed by atoms with van der Waals surface area (Å²) in [5, 5.41) is 2.77. The Labute approximate surface area is 227 Å². The molecule has 5 aromatic rings. The summed E-state index contributed by atoms with van der Waals surface area (Å²) in [6.07, 6.45) is 10.9. The van der Waals surface area contributed by atoms with E-state index in [0.29, 0.717) is 0 Å². The van der Waals surface area contributed by atoms with E-state index in [4.69, 9.17) is 0 Å². The summed E-state index contributed by atoms with van der Waals surface area (Å²) in [7, 11) is 0. The molecule has 38 heavy (non-hydrogen) atoms. The number of benzene rings is 3. The molecule has 0 saturated carbocycles. The van der Waals surface area contributed by atoms with Crippen LogP contribution in [-0.2, 0) is 19.5 Å². The van der Waals surface area contributed by atoms with Gasteiger partial charge < -0.3 is 14.0 Å². The first kappa shape index (κ1) is 24.9. The highest BCUT2D eigenvalue weighted by Crippen LogP contribution is 2.43. The molecule has 0 saturated heterocycles. The first-order valence-electron chi connectivity index (χ1n) is 14.8. The normalized spacial score (nSPS) is 13.3. The average Bonchev–Trinajstić information content (AvgIpc) is 3.65. The zero-order valence-corrected chi connectivity index (χ0v) is 23.3. The van der Waals surface area contributed by atoms with Crippen molar-refractivity contribution >= 4 is 27.5 Å². The second kappa shape index (κ2) is 10.7. The number of hydrogen-bond donors (Lipinski definition) is 0. The quantitative estimate of drug-likeness (QED) is 0.186. The van der Waals surface area contributed by atoms with Crippen LogP contribution < -0.4 is 4.90 Å². The van der Waals surface area contributed by atoms with Crippen LogP contribution in [0.25, 0.3) is 21.8 Å². The van der Waals surface area contributed by atoms with E-state index in [2.05, 4.69) is 114 Å². The van der Waals surface area contributed by atoms with Crippen molar-refractivity contribution in [2.45, 2.75) is 71.9 Å². The van der Waals surface area contributed by atoms with Crippen molar-refractivity contribution in [1.82, 2.24) is 9.13 Å². The molecule has 2 aromatic heterocycles. The van der Waals surface area contributed by atoms with Gasteiger partial charge in [-0.25, -0.2) is 0 Å². The zero-order valence-electron chi connectivity index (χ0n) is 23.3. The first-order chi connectivity index (χ1) is 18.7. The number of unbranched alkanes of at least 4 members (excludes halogenated alkanes) is 2. The van der Waals surface area contributed by atoms with Crippen LogP contribution in [0.15, 0.2) is 79.1 Å². The lowest BCUT2D eigenvalue weighted by Crippen LogP contribution is -2.19. The number of para-hydroxylation sites is 2. The smallest absolute Gasteiger partial charge is 0.0483 e. The highest BCUT2D eigenvalue weighted by molar-refractivity contribution is 5.90. The largest absolute Gasteiger partial charge is 0.371 e. The number of hydrogen-bond acceptors (Lipinski definition) is 1. The number of rotatable bonds is 10. The van der Waals surface area contributed by atoms with Crippen LogP contribution in [0.1, 0.15) is 74.6 Å². The van der Waals surface area contributed by atoms with E-state index < -0.39 is 0 Å². The number of nitrogens with zero attached hydrogens (tertiary/aromatic N) is 3. The van der Waals surface area contributed by atoms with E-state index in [1.54, 1.807) is 0 Å². The van der Waals surface area contributed by atoms with Gasteiger partial charge in [-0.05, 0) is 66.6 Å². The molecular formula is C35H41N3. The van der Waals surface area contributed by atoms with Crippen molar-refractivity contribution in [2.24, 2.45) is 0 Å². The highest BCUT2D eigenvalue weighted by atomic mass is 15.1. The maximum absolute atomic E-state index is 2.52. The second-order valence-corrected chi connectivity index (χ2v) is 10.9. The molecule has 0 spiro atoms. The van der Waals surface area contributed by atoms with Crippen LogP contribution in [0, 0.1) is 0 Å². The Hall–Kier alpha value is -3.46.